The highest BCUT2D eigenvalue weighted by Gasteiger charge is 2.08. The second-order valence-electron chi connectivity index (χ2n) is 4.76. The van der Waals surface area contributed by atoms with Crippen molar-refractivity contribution in [1.29, 1.82) is 0 Å². The van der Waals surface area contributed by atoms with Crippen LogP contribution in [0.25, 0.3) is 11.0 Å². The summed E-state index contributed by atoms with van der Waals surface area (Å²) in [6.45, 7) is 4.99. The first-order valence-electron chi connectivity index (χ1n) is 6.27. The molecular weight excluding hydrogens is 210 g/mol. The van der Waals surface area contributed by atoms with Crippen LogP contribution >= 0.6 is 0 Å². The molecule has 3 nitrogen and oxygen atoms in total. The van der Waals surface area contributed by atoms with Crippen molar-refractivity contribution in [1.82, 2.24) is 9.55 Å². The molecule has 0 amide bonds. The fraction of sp³-hybridized carbons (Fsp3) is 0.500. The lowest BCUT2D eigenvalue weighted by Gasteiger charge is -2.11. The summed E-state index contributed by atoms with van der Waals surface area (Å²) in [4.78, 5) is 4.56. The number of aryl methyl sites for hydroxylation is 2. The number of benzene rings is 1. The van der Waals surface area contributed by atoms with Gasteiger partial charge in [-0.2, -0.15) is 0 Å². The Bertz CT molecular complexity index is 509. The van der Waals surface area contributed by atoms with Crippen LogP contribution < -0.4 is 5.73 Å². The van der Waals surface area contributed by atoms with Gasteiger partial charge in [0.05, 0.1) is 11.0 Å². The third kappa shape index (κ3) is 2.34. The smallest absolute Gasteiger partial charge is 0.106 e. The second-order valence-corrected chi connectivity index (χ2v) is 4.76. The summed E-state index contributed by atoms with van der Waals surface area (Å²) in [6, 6.07) is 6.55. The Morgan fingerprint density at radius 2 is 2.18 bits per heavy atom. The van der Waals surface area contributed by atoms with Gasteiger partial charge in [-0.25, -0.2) is 4.98 Å². The standard InChI is InChI=1S/C14H21N3/c1-4-11(9-15)7-12-5-6-14-13(8-12)16-10(2)17(14)3/h5-6,8,11H,4,7,9,15H2,1-3H3. The third-order valence-electron chi connectivity index (χ3n) is 3.60. The maximum atomic E-state index is 5.75. The number of hydrogen-bond acceptors (Lipinski definition) is 2. The van der Waals surface area contributed by atoms with Crippen molar-refractivity contribution in [2.45, 2.75) is 26.7 Å². The number of hydrogen-bond donors (Lipinski definition) is 1. The summed E-state index contributed by atoms with van der Waals surface area (Å²) in [5.41, 5.74) is 9.39. The van der Waals surface area contributed by atoms with Crippen molar-refractivity contribution >= 4 is 11.0 Å². The van der Waals surface area contributed by atoms with Crippen LogP contribution in [-0.2, 0) is 13.5 Å². The molecular formula is C14H21N3. The molecule has 2 N–H and O–H groups in total. The lowest BCUT2D eigenvalue weighted by molar-refractivity contribution is 0.519. The summed E-state index contributed by atoms with van der Waals surface area (Å²) >= 11 is 0. The van der Waals surface area contributed by atoms with E-state index >= 15 is 0 Å². The lowest BCUT2D eigenvalue weighted by Crippen LogP contribution is -2.15. The fourth-order valence-corrected chi connectivity index (χ4v) is 2.22. The van der Waals surface area contributed by atoms with Crippen molar-refractivity contribution in [3.63, 3.8) is 0 Å². The van der Waals surface area contributed by atoms with Gasteiger partial charge < -0.3 is 10.3 Å². The molecule has 0 radical (unpaired) electrons. The maximum absolute atomic E-state index is 5.75. The van der Waals surface area contributed by atoms with Crippen LogP contribution in [0.15, 0.2) is 18.2 Å². The number of nitrogens with two attached hydrogens (primary N) is 1. The normalized spacial score (nSPS) is 13.2. The fourth-order valence-electron chi connectivity index (χ4n) is 2.22. The van der Waals surface area contributed by atoms with Gasteiger partial charge in [0, 0.05) is 7.05 Å². The van der Waals surface area contributed by atoms with Gasteiger partial charge in [0.25, 0.3) is 0 Å². The molecule has 0 aliphatic carbocycles. The van der Waals surface area contributed by atoms with Gasteiger partial charge in [0.1, 0.15) is 5.82 Å². The Kier molecular flexibility index (Phi) is 3.48. The Labute approximate surface area is 103 Å². The maximum Gasteiger partial charge on any atom is 0.106 e. The molecule has 2 aromatic rings. The molecule has 0 saturated carbocycles. The molecule has 0 bridgehead atoms. The molecule has 2 rings (SSSR count). The van der Waals surface area contributed by atoms with Crippen LogP contribution in [0.4, 0.5) is 0 Å². The molecule has 1 unspecified atom stereocenters. The zero-order valence-electron chi connectivity index (χ0n) is 10.9. The van der Waals surface area contributed by atoms with E-state index in [1.54, 1.807) is 0 Å². The van der Waals surface area contributed by atoms with Crippen LogP contribution in [0.5, 0.6) is 0 Å². The zero-order chi connectivity index (χ0) is 12.4. The summed E-state index contributed by atoms with van der Waals surface area (Å²) in [7, 11) is 2.05. The van der Waals surface area contributed by atoms with Crippen LogP contribution in [0.3, 0.4) is 0 Å². The Morgan fingerprint density at radius 3 is 2.82 bits per heavy atom. The molecule has 1 aromatic carbocycles. The van der Waals surface area contributed by atoms with E-state index < -0.39 is 0 Å². The average Bonchev–Trinajstić information content (AvgIpc) is 2.62. The molecule has 0 aliphatic rings. The van der Waals surface area contributed by atoms with Crippen LogP contribution in [-0.4, -0.2) is 16.1 Å². The topological polar surface area (TPSA) is 43.8 Å². The van der Waals surface area contributed by atoms with E-state index in [1.165, 1.54) is 11.1 Å². The SMILES string of the molecule is CCC(CN)Cc1ccc2c(c1)nc(C)n2C. The highest BCUT2D eigenvalue weighted by atomic mass is 15.0. The predicted octanol–water partition coefficient (Wildman–Crippen LogP) is 2.41. The second kappa shape index (κ2) is 4.88. The van der Waals surface area contributed by atoms with Gasteiger partial charge >= 0.3 is 0 Å². The van der Waals surface area contributed by atoms with Crippen molar-refractivity contribution in [3.05, 3.63) is 29.6 Å². The van der Waals surface area contributed by atoms with Gasteiger partial charge in [-0.3, -0.25) is 0 Å². The summed E-state index contributed by atoms with van der Waals surface area (Å²) in [6.07, 6.45) is 2.19. The summed E-state index contributed by atoms with van der Waals surface area (Å²) in [5.74, 6) is 1.64. The summed E-state index contributed by atoms with van der Waals surface area (Å²) < 4.78 is 2.12. The van der Waals surface area contributed by atoms with E-state index in [0.717, 1.165) is 30.7 Å². The zero-order valence-corrected chi connectivity index (χ0v) is 10.9. The van der Waals surface area contributed by atoms with Crippen molar-refractivity contribution in [3.8, 4) is 0 Å². The van der Waals surface area contributed by atoms with E-state index in [0.29, 0.717) is 5.92 Å². The van der Waals surface area contributed by atoms with Crippen molar-refractivity contribution in [2.75, 3.05) is 6.54 Å². The minimum absolute atomic E-state index is 0.581. The molecule has 0 aliphatic heterocycles. The molecule has 1 atom stereocenters. The molecule has 1 heterocycles. The number of nitrogens with zero attached hydrogens (tertiary/aromatic N) is 2. The van der Waals surface area contributed by atoms with Crippen molar-refractivity contribution < 1.29 is 0 Å². The highest BCUT2D eigenvalue weighted by molar-refractivity contribution is 5.76. The molecule has 0 fully saturated rings. The molecule has 1 aromatic heterocycles. The van der Waals surface area contributed by atoms with E-state index in [1.807, 2.05) is 6.92 Å². The predicted molar refractivity (Wildman–Crippen MR) is 72.0 cm³/mol. The third-order valence-corrected chi connectivity index (χ3v) is 3.60. The molecule has 3 heteroatoms. The largest absolute Gasteiger partial charge is 0.331 e. The monoisotopic (exact) mass is 231 g/mol. The van der Waals surface area contributed by atoms with E-state index in [9.17, 15) is 0 Å². The van der Waals surface area contributed by atoms with E-state index in [-0.39, 0.29) is 0 Å². The quantitative estimate of drug-likeness (QED) is 0.878. The number of imidazole rings is 1. The lowest BCUT2D eigenvalue weighted by atomic mass is 9.97. The number of rotatable bonds is 4. The van der Waals surface area contributed by atoms with Crippen molar-refractivity contribution in [2.24, 2.45) is 18.7 Å². The van der Waals surface area contributed by atoms with Gasteiger partial charge in [-0.1, -0.05) is 19.4 Å². The van der Waals surface area contributed by atoms with Gasteiger partial charge in [-0.15, -0.1) is 0 Å². The van der Waals surface area contributed by atoms with Gasteiger partial charge in [0.15, 0.2) is 0 Å². The van der Waals surface area contributed by atoms with Crippen LogP contribution in [0, 0.1) is 12.8 Å². The minimum atomic E-state index is 0.581. The van der Waals surface area contributed by atoms with Crippen LogP contribution in [0.1, 0.15) is 24.7 Å². The Balaban J connectivity index is 2.31. The van der Waals surface area contributed by atoms with Gasteiger partial charge in [-0.05, 0) is 43.5 Å². The van der Waals surface area contributed by atoms with E-state index in [4.69, 9.17) is 5.73 Å². The first-order valence-corrected chi connectivity index (χ1v) is 6.27. The minimum Gasteiger partial charge on any atom is -0.331 e. The first kappa shape index (κ1) is 12.1. The number of fused-ring (bicyclic) bond motifs is 1. The highest BCUT2D eigenvalue weighted by Crippen LogP contribution is 2.19. The van der Waals surface area contributed by atoms with Gasteiger partial charge in [0.2, 0.25) is 0 Å². The summed E-state index contributed by atoms with van der Waals surface area (Å²) in [5, 5.41) is 0. The average molecular weight is 231 g/mol. The first-order chi connectivity index (χ1) is 8.15. The molecule has 0 saturated heterocycles. The number of aromatic nitrogens is 2. The van der Waals surface area contributed by atoms with E-state index in [2.05, 4.69) is 41.7 Å². The van der Waals surface area contributed by atoms with Crippen LogP contribution in [0.2, 0.25) is 0 Å². The molecule has 92 valence electrons. The molecule has 0 spiro atoms. The molecule has 17 heavy (non-hydrogen) atoms. The Morgan fingerprint density at radius 1 is 1.41 bits per heavy atom. The Hall–Kier alpha value is -1.35.